The molecule has 0 heterocycles. The van der Waals surface area contributed by atoms with Gasteiger partial charge in [-0.25, -0.2) is 4.79 Å². The van der Waals surface area contributed by atoms with Crippen molar-refractivity contribution in [2.75, 3.05) is 5.32 Å². The number of nitrogens with one attached hydrogen (secondary N) is 1. The molecule has 0 atom stereocenters. The minimum atomic E-state index is -0.984. The Morgan fingerprint density at radius 2 is 1.50 bits per heavy atom. The van der Waals surface area contributed by atoms with Gasteiger partial charge in [0.1, 0.15) is 5.70 Å². The molecule has 90 valence electrons. The van der Waals surface area contributed by atoms with Gasteiger partial charge >= 0.3 is 5.97 Å². The lowest BCUT2D eigenvalue weighted by atomic mass is 10.2. The van der Waals surface area contributed by atoms with Crippen molar-refractivity contribution in [2.24, 2.45) is 0 Å². The maximum Gasteiger partial charge on any atom is 0.352 e. The van der Waals surface area contributed by atoms with Crippen LogP contribution in [-0.4, -0.2) is 11.1 Å². The number of aliphatic carboxylic acids is 1. The summed E-state index contributed by atoms with van der Waals surface area (Å²) in [7, 11) is 0. The summed E-state index contributed by atoms with van der Waals surface area (Å²) in [5.41, 5.74) is 1.74. The number of rotatable bonds is 4. The zero-order chi connectivity index (χ0) is 12.8. The number of benzene rings is 2. The fraction of sp³-hybridized carbons (Fsp3) is 0. The molecule has 0 unspecified atom stereocenters. The highest BCUT2D eigenvalue weighted by Crippen LogP contribution is 2.12. The van der Waals surface area contributed by atoms with Crippen molar-refractivity contribution in [3.8, 4) is 0 Å². The molecule has 0 amide bonds. The van der Waals surface area contributed by atoms with Crippen LogP contribution >= 0.6 is 0 Å². The van der Waals surface area contributed by atoms with Crippen molar-refractivity contribution in [1.82, 2.24) is 0 Å². The average Bonchev–Trinajstić information content (AvgIpc) is 2.40. The third-order valence-electron chi connectivity index (χ3n) is 2.39. The number of anilines is 1. The SMILES string of the molecule is O=C(O)C(=Cc1ccccc1)Nc1ccccc1. The van der Waals surface area contributed by atoms with Gasteiger partial charge in [-0.3, -0.25) is 0 Å². The van der Waals surface area contributed by atoms with Crippen LogP contribution in [0, 0.1) is 0 Å². The summed E-state index contributed by atoms with van der Waals surface area (Å²) in [5, 5.41) is 12.1. The van der Waals surface area contributed by atoms with E-state index in [1.54, 1.807) is 6.08 Å². The maximum absolute atomic E-state index is 11.2. The van der Waals surface area contributed by atoms with Crippen molar-refractivity contribution in [2.45, 2.75) is 0 Å². The minimum absolute atomic E-state index is 0.146. The molecule has 0 bridgehead atoms. The van der Waals surface area contributed by atoms with E-state index >= 15 is 0 Å². The molecule has 0 saturated carbocycles. The first-order valence-corrected chi connectivity index (χ1v) is 5.58. The van der Waals surface area contributed by atoms with Gasteiger partial charge in [0.25, 0.3) is 0 Å². The molecule has 0 spiro atoms. The molecular weight excluding hydrogens is 226 g/mol. The number of carboxylic acids is 1. The number of hydrogen-bond acceptors (Lipinski definition) is 2. The Balaban J connectivity index is 2.25. The van der Waals surface area contributed by atoms with Gasteiger partial charge in [0.15, 0.2) is 0 Å². The fourth-order valence-corrected chi connectivity index (χ4v) is 1.54. The minimum Gasteiger partial charge on any atom is -0.477 e. The third kappa shape index (κ3) is 3.22. The van der Waals surface area contributed by atoms with E-state index in [0.717, 1.165) is 11.3 Å². The van der Waals surface area contributed by atoms with Crippen molar-refractivity contribution in [3.05, 3.63) is 71.9 Å². The van der Waals surface area contributed by atoms with Crippen molar-refractivity contribution >= 4 is 17.7 Å². The summed E-state index contributed by atoms with van der Waals surface area (Å²) < 4.78 is 0. The smallest absolute Gasteiger partial charge is 0.352 e. The fourth-order valence-electron chi connectivity index (χ4n) is 1.54. The van der Waals surface area contributed by atoms with E-state index in [4.69, 9.17) is 5.11 Å². The van der Waals surface area contributed by atoms with Crippen LogP contribution in [0.3, 0.4) is 0 Å². The van der Waals surface area contributed by atoms with Crippen LogP contribution in [0.15, 0.2) is 66.4 Å². The predicted octanol–water partition coefficient (Wildman–Crippen LogP) is 3.22. The highest BCUT2D eigenvalue weighted by Gasteiger charge is 2.07. The van der Waals surface area contributed by atoms with Crippen molar-refractivity contribution in [1.29, 1.82) is 0 Å². The van der Waals surface area contributed by atoms with Crippen LogP contribution in [0.5, 0.6) is 0 Å². The largest absolute Gasteiger partial charge is 0.477 e. The molecule has 3 heteroatoms. The normalized spacial score (nSPS) is 11.0. The molecular formula is C15H13NO2. The lowest BCUT2D eigenvalue weighted by Crippen LogP contribution is -2.10. The van der Waals surface area contributed by atoms with Crippen LogP contribution in [0.4, 0.5) is 5.69 Å². The van der Waals surface area contributed by atoms with Gasteiger partial charge in [0.2, 0.25) is 0 Å². The number of hydrogen-bond donors (Lipinski definition) is 2. The Morgan fingerprint density at radius 1 is 0.944 bits per heavy atom. The summed E-state index contributed by atoms with van der Waals surface area (Å²) in [4.78, 5) is 11.2. The summed E-state index contributed by atoms with van der Waals surface area (Å²) in [6.07, 6.45) is 1.61. The highest BCUT2D eigenvalue weighted by atomic mass is 16.4. The van der Waals surface area contributed by atoms with E-state index in [-0.39, 0.29) is 5.70 Å². The molecule has 0 aliphatic heterocycles. The van der Waals surface area contributed by atoms with E-state index < -0.39 is 5.97 Å². The van der Waals surface area contributed by atoms with Crippen LogP contribution in [0.25, 0.3) is 6.08 Å². The maximum atomic E-state index is 11.2. The Morgan fingerprint density at radius 3 is 2.06 bits per heavy atom. The summed E-state index contributed by atoms with van der Waals surface area (Å²) in [6.45, 7) is 0. The molecule has 0 aliphatic carbocycles. The van der Waals surface area contributed by atoms with E-state index in [9.17, 15) is 4.79 Å². The molecule has 3 nitrogen and oxygen atoms in total. The van der Waals surface area contributed by atoms with Crippen molar-refractivity contribution < 1.29 is 9.90 Å². The van der Waals surface area contributed by atoms with Gasteiger partial charge in [0.05, 0.1) is 0 Å². The zero-order valence-corrected chi connectivity index (χ0v) is 9.71. The average molecular weight is 239 g/mol. The van der Waals surface area contributed by atoms with E-state index in [0.29, 0.717) is 0 Å². The predicted molar refractivity (Wildman–Crippen MR) is 72.1 cm³/mol. The molecule has 2 N–H and O–H groups in total. The molecule has 2 aromatic carbocycles. The van der Waals surface area contributed by atoms with Gasteiger partial charge in [-0.2, -0.15) is 0 Å². The number of carboxylic acid groups (broad SMARTS) is 1. The molecule has 0 aromatic heterocycles. The quantitative estimate of drug-likeness (QED) is 0.805. The Kier molecular flexibility index (Phi) is 3.76. The standard InChI is InChI=1S/C15H13NO2/c17-15(18)14(11-12-7-3-1-4-8-12)16-13-9-5-2-6-10-13/h1-11,16H,(H,17,18). The Labute approximate surface area is 105 Å². The lowest BCUT2D eigenvalue weighted by molar-refractivity contribution is -0.132. The van der Waals surface area contributed by atoms with E-state index in [1.165, 1.54) is 0 Å². The third-order valence-corrected chi connectivity index (χ3v) is 2.39. The molecule has 2 aromatic rings. The first-order chi connectivity index (χ1) is 8.75. The van der Waals surface area contributed by atoms with Crippen LogP contribution in [-0.2, 0) is 4.79 Å². The summed E-state index contributed by atoms with van der Waals surface area (Å²) in [5.74, 6) is -0.984. The molecule has 0 aliphatic rings. The van der Waals surface area contributed by atoms with Gasteiger partial charge in [0, 0.05) is 5.69 Å². The highest BCUT2D eigenvalue weighted by molar-refractivity contribution is 5.95. The van der Waals surface area contributed by atoms with E-state index in [1.807, 2.05) is 60.7 Å². The Bertz CT molecular complexity index is 547. The molecule has 0 radical (unpaired) electrons. The topological polar surface area (TPSA) is 49.3 Å². The second kappa shape index (κ2) is 5.68. The first-order valence-electron chi connectivity index (χ1n) is 5.58. The molecule has 18 heavy (non-hydrogen) atoms. The molecule has 2 rings (SSSR count). The molecule has 0 saturated heterocycles. The van der Waals surface area contributed by atoms with Gasteiger partial charge in [-0.1, -0.05) is 48.5 Å². The zero-order valence-electron chi connectivity index (χ0n) is 9.71. The second-order valence-electron chi connectivity index (χ2n) is 3.76. The van der Waals surface area contributed by atoms with E-state index in [2.05, 4.69) is 5.32 Å². The van der Waals surface area contributed by atoms with Gasteiger partial charge in [-0.05, 0) is 23.8 Å². The van der Waals surface area contributed by atoms with Crippen LogP contribution in [0.2, 0.25) is 0 Å². The number of para-hydroxylation sites is 1. The number of carbonyl (C=O) groups is 1. The van der Waals surface area contributed by atoms with Gasteiger partial charge < -0.3 is 10.4 Å². The van der Waals surface area contributed by atoms with Crippen molar-refractivity contribution in [3.63, 3.8) is 0 Å². The summed E-state index contributed by atoms with van der Waals surface area (Å²) >= 11 is 0. The van der Waals surface area contributed by atoms with Crippen LogP contribution < -0.4 is 5.32 Å². The van der Waals surface area contributed by atoms with Gasteiger partial charge in [-0.15, -0.1) is 0 Å². The second-order valence-corrected chi connectivity index (χ2v) is 3.76. The lowest BCUT2D eigenvalue weighted by Gasteiger charge is -2.06. The first kappa shape index (κ1) is 11.9. The monoisotopic (exact) mass is 239 g/mol. The van der Waals surface area contributed by atoms with Crippen LogP contribution in [0.1, 0.15) is 5.56 Å². The molecule has 0 fully saturated rings. The Hall–Kier alpha value is -2.55. The summed E-state index contributed by atoms with van der Waals surface area (Å²) in [6, 6.07) is 18.6.